The highest BCUT2D eigenvalue weighted by molar-refractivity contribution is 7.89. The Morgan fingerprint density at radius 2 is 1.83 bits per heavy atom. The lowest BCUT2D eigenvalue weighted by molar-refractivity contribution is -0.115. The Hall–Kier alpha value is -2.42. The number of ether oxygens (including phenoxy) is 2. The lowest BCUT2D eigenvalue weighted by Crippen LogP contribution is -2.40. The van der Waals surface area contributed by atoms with Crippen LogP contribution < -0.4 is 10.1 Å². The molecule has 0 unspecified atom stereocenters. The molecule has 8 heteroatoms. The average molecular weight is 419 g/mol. The minimum Gasteiger partial charge on any atom is -0.492 e. The molecule has 156 valence electrons. The van der Waals surface area contributed by atoms with Gasteiger partial charge in [-0.05, 0) is 37.6 Å². The smallest absolute Gasteiger partial charge is 0.246 e. The van der Waals surface area contributed by atoms with Crippen LogP contribution in [0.3, 0.4) is 0 Å². The van der Waals surface area contributed by atoms with Crippen LogP contribution in [0.5, 0.6) is 5.75 Å². The van der Waals surface area contributed by atoms with Crippen LogP contribution in [-0.4, -0.2) is 51.5 Å². The molecule has 7 nitrogen and oxygen atoms in total. The van der Waals surface area contributed by atoms with E-state index in [1.807, 2.05) is 31.2 Å². The number of aryl methyl sites for hydroxylation is 1. The molecule has 1 N–H and O–H groups in total. The zero-order valence-electron chi connectivity index (χ0n) is 16.7. The predicted molar refractivity (Wildman–Crippen MR) is 111 cm³/mol. The van der Waals surface area contributed by atoms with Gasteiger partial charge in [0.1, 0.15) is 10.6 Å². The van der Waals surface area contributed by atoms with Crippen LogP contribution >= 0.6 is 0 Å². The van der Waals surface area contributed by atoms with Crippen molar-refractivity contribution in [1.29, 1.82) is 0 Å². The zero-order chi connectivity index (χ0) is 20.9. The molecule has 1 amide bonds. The summed E-state index contributed by atoms with van der Waals surface area (Å²) >= 11 is 0. The van der Waals surface area contributed by atoms with Gasteiger partial charge in [-0.25, -0.2) is 8.42 Å². The summed E-state index contributed by atoms with van der Waals surface area (Å²) in [6.07, 6.45) is 0.207. The summed E-state index contributed by atoms with van der Waals surface area (Å²) in [5.74, 6) is 0.0586. The van der Waals surface area contributed by atoms with Gasteiger partial charge in [-0.2, -0.15) is 4.31 Å². The molecule has 1 aliphatic rings. The minimum atomic E-state index is -3.76. The van der Waals surface area contributed by atoms with E-state index in [-0.39, 0.29) is 36.1 Å². The van der Waals surface area contributed by atoms with Crippen molar-refractivity contribution in [2.75, 3.05) is 38.2 Å². The lowest BCUT2D eigenvalue weighted by Gasteiger charge is -2.27. The second kappa shape index (κ2) is 9.39. The maximum Gasteiger partial charge on any atom is 0.246 e. The monoisotopic (exact) mass is 418 g/mol. The molecule has 2 aromatic rings. The van der Waals surface area contributed by atoms with E-state index >= 15 is 0 Å². The van der Waals surface area contributed by atoms with Crippen LogP contribution in [0, 0.1) is 6.92 Å². The van der Waals surface area contributed by atoms with Crippen molar-refractivity contribution in [1.82, 2.24) is 4.31 Å². The van der Waals surface area contributed by atoms with Crippen molar-refractivity contribution in [2.24, 2.45) is 0 Å². The quantitative estimate of drug-likeness (QED) is 0.747. The van der Waals surface area contributed by atoms with Crippen LogP contribution in [-0.2, 0) is 26.0 Å². The summed E-state index contributed by atoms with van der Waals surface area (Å²) in [6.45, 7) is 5.41. The van der Waals surface area contributed by atoms with E-state index in [9.17, 15) is 13.2 Å². The van der Waals surface area contributed by atoms with Gasteiger partial charge in [-0.1, -0.05) is 29.8 Å². The molecule has 1 heterocycles. The second-order valence-corrected chi connectivity index (χ2v) is 8.73. The van der Waals surface area contributed by atoms with Gasteiger partial charge in [0.2, 0.25) is 15.9 Å². The normalized spacial score (nSPS) is 15.1. The number of carbonyl (C=O) groups is 1. The molecule has 1 saturated heterocycles. The number of anilines is 1. The molecule has 29 heavy (non-hydrogen) atoms. The molecule has 0 atom stereocenters. The first-order valence-electron chi connectivity index (χ1n) is 9.60. The second-order valence-electron chi connectivity index (χ2n) is 6.82. The molecule has 1 fully saturated rings. The average Bonchev–Trinajstić information content (AvgIpc) is 2.71. The molecule has 0 aromatic heterocycles. The van der Waals surface area contributed by atoms with E-state index in [0.29, 0.717) is 25.5 Å². The highest BCUT2D eigenvalue weighted by atomic mass is 32.2. The maximum atomic E-state index is 13.1. The first-order valence-corrected chi connectivity index (χ1v) is 11.0. The number of amides is 1. The summed E-state index contributed by atoms with van der Waals surface area (Å²) in [6, 6.07) is 12.4. The van der Waals surface area contributed by atoms with E-state index in [1.54, 1.807) is 19.1 Å². The third-order valence-corrected chi connectivity index (χ3v) is 6.52. The van der Waals surface area contributed by atoms with Crippen molar-refractivity contribution >= 4 is 21.6 Å². The summed E-state index contributed by atoms with van der Waals surface area (Å²) < 4.78 is 38.4. The third kappa shape index (κ3) is 5.35. The van der Waals surface area contributed by atoms with Crippen molar-refractivity contribution in [3.8, 4) is 5.75 Å². The Morgan fingerprint density at radius 3 is 2.48 bits per heavy atom. The topological polar surface area (TPSA) is 84.9 Å². The lowest BCUT2D eigenvalue weighted by atomic mass is 10.1. The number of nitrogens with one attached hydrogen (secondary N) is 1. The highest BCUT2D eigenvalue weighted by Gasteiger charge is 2.29. The number of rotatable bonds is 7. The van der Waals surface area contributed by atoms with E-state index in [0.717, 1.165) is 11.1 Å². The van der Waals surface area contributed by atoms with Gasteiger partial charge in [0, 0.05) is 18.8 Å². The molecule has 0 aliphatic carbocycles. The summed E-state index contributed by atoms with van der Waals surface area (Å²) in [5, 5.41) is 2.79. The van der Waals surface area contributed by atoms with Crippen LogP contribution in [0.4, 0.5) is 5.69 Å². The summed E-state index contributed by atoms with van der Waals surface area (Å²) in [4.78, 5) is 12.5. The number of hydrogen-bond donors (Lipinski definition) is 1. The Balaban J connectivity index is 1.82. The SMILES string of the molecule is CCOc1ccc(NC(=O)Cc2ccc(C)cc2)cc1S(=O)(=O)N1CCOCC1. The van der Waals surface area contributed by atoms with Crippen LogP contribution in [0.2, 0.25) is 0 Å². The van der Waals surface area contributed by atoms with Crippen molar-refractivity contribution in [2.45, 2.75) is 25.2 Å². The molecule has 0 spiro atoms. The fraction of sp³-hybridized carbons (Fsp3) is 0.381. The minimum absolute atomic E-state index is 0.0504. The molecule has 0 radical (unpaired) electrons. The first-order chi connectivity index (χ1) is 13.9. The van der Waals surface area contributed by atoms with Gasteiger partial charge in [-0.3, -0.25) is 4.79 Å². The summed E-state index contributed by atoms with van der Waals surface area (Å²) in [5.41, 5.74) is 2.43. The van der Waals surface area contributed by atoms with Crippen molar-refractivity contribution < 1.29 is 22.7 Å². The third-order valence-electron chi connectivity index (χ3n) is 4.60. The number of sulfonamides is 1. The van der Waals surface area contributed by atoms with Crippen molar-refractivity contribution in [3.05, 3.63) is 53.6 Å². The zero-order valence-corrected chi connectivity index (χ0v) is 17.5. The molecule has 1 aliphatic heterocycles. The summed E-state index contributed by atoms with van der Waals surface area (Å²) in [7, 11) is -3.76. The number of morpholine rings is 1. The Labute approximate surface area is 171 Å². The number of carbonyl (C=O) groups excluding carboxylic acids is 1. The standard InChI is InChI=1S/C21H26N2O5S/c1-3-28-19-9-8-18(22-21(24)14-17-6-4-16(2)5-7-17)15-20(19)29(25,26)23-10-12-27-13-11-23/h4-9,15H,3,10-14H2,1-2H3,(H,22,24). The molecular weight excluding hydrogens is 392 g/mol. The van der Waals surface area contributed by atoms with Gasteiger partial charge in [0.25, 0.3) is 0 Å². The fourth-order valence-corrected chi connectivity index (χ4v) is 4.65. The Kier molecular flexibility index (Phi) is 6.89. The molecule has 0 saturated carbocycles. The van der Waals surface area contributed by atoms with E-state index in [1.165, 1.54) is 10.4 Å². The van der Waals surface area contributed by atoms with E-state index in [4.69, 9.17) is 9.47 Å². The number of hydrogen-bond acceptors (Lipinski definition) is 5. The Morgan fingerprint density at radius 1 is 1.14 bits per heavy atom. The molecular formula is C21H26N2O5S. The van der Waals surface area contributed by atoms with Gasteiger partial charge in [0.15, 0.2) is 0 Å². The van der Waals surface area contributed by atoms with Crippen LogP contribution in [0.25, 0.3) is 0 Å². The predicted octanol–water partition coefficient (Wildman–Crippen LogP) is 2.60. The van der Waals surface area contributed by atoms with E-state index in [2.05, 4.69) is 5.32 Å². The van der Waals surface area contributed by atoms with Gasteiger partial charge < -0.3 is 14.8 Å². The van der Waals surface area contributed by atoms with Crippen LogP contribution in [0.1, 0.15) is 18.1 Å². The van der Waals surface area contributed by atoms with E-state index < -0.39 is 10.0 Å². The maximum absolute atomic E-state index is 13.1. The van der Waals surface area contributed by atoms with Gasteiger partial charge >= 0.3 is 0 Å². The largest absolute Gasteiger partial charge is 0.492 e. The van der Waals surface area contributed by atoms with Crippen LogP contribution in [0.15, 0.2) is 47.4 Å². The molecule has 3 rings (SSSR count). The van der Waals surface area contributed by atoms with Gasteiger partial charge in [-0.15, -0.1) is 0 Å². The highest BCUT2D eigenvalue weighted by Crippen LogP contribution is 2.30. The number of benzene rings is 2. The fourth-order valence-electron chi connectivity index (χ4n) is 3.08. The van der Waals surface area contributed by atoms with Gasteiger partial charge in [0.05, 0.1) is 26.2 Å². The Bertz CT molecular complexity index is 952. The molecule has 0 bridgehead atoms. The number of nitrogens with zero attached hydrogens (tertiary/aromatic N) is 1. The molecule has 2 aromatic carbocycles. The first kappa shape index (κ1) is 21.3. The van der Waals surface area contributed by atoms with Crippen molar-refractivity contribution in [3.63, 3.8) is 0 Å².